The number of nitrogens with zero attached hydrogens (tertiary/aromatic N) is 3. The van der Waals surface area contributed by atoms with Crippen LogP contribution in [0.3, 0.4) is 0 Å². The fourth-order valence-corrected chi connectivity index (χ4v) is 4.39. The summed E-state index contributed by atoms with van der Waals surface area (Å²) in [6.07, 6.45) is 0. The van der Waals surface area contributed by atoms with Gasteiger partial charge in [0.2, 0.25) is 0 Å². The van der Waals surface area contributed by atoms with Crippen LogP contribution in [-0.4, -0.2) is 36.1 Å². The largest absolute Gasteiger partial charge is 0.378 e. The fourth-order valence-electron chi connectivity index (χ4n) is 3.41. The van der Waals surface area contributed by atoms with Crippen molar-refractivity contribution in [3.05, 3.63) is 33.6 Å². The molecule has 3 heterocycles. The Kier molecular flexibility index (Phi) is 5.58. The molecule has 1 fully saturated rings. The average molecular weight is 349 g/mol. The Bertz CT molecular complexity index is 644. The number of ether oxygens (including phenoxy) is 1. The van der Waals surface area contributed by atoms with Crippen molar-refractivity contribution in [1.29, 1.82) is 0 Å². The van der Waals surface area contributed by atoms with Crippen LogP contribution in [0.5, 0.6) is 0 Å². The Balaban J connectivity index is 1.79. The minimum atomic E-state index is 0.377. The fraction of sp³-hybridized carbons (Fsp3) is 0.611. The van der Waals surface area contributed by atoms with E-state index in [1.807, 2.05) is 23.1 Å². The highest BCUT2D eigenvalue weighted by Gasteiger charge is 2.23. The zero-order valence-electron chi connectivity index (χ0n) is 15.1. The molecule has 1 aliphatic rings. The number of nitrogens with one attached hydrogen (secondary N) is 1. The zero-order valence-corrected chi connectivity index (χ0v) is 15.9. The van der Waals surface area contributed by atoms with E-state index in [0.29, 0.717) is 12.0 Å². The van der Waals surface area contributed by atoms with E-state index >= 15 is 0 Å². The number of hydrogen-bond acceptors (Lipinski definition) is 5. The Labute approximate surface area is 148 Å². The van der Waals surface area contributed by atoms with Crippen LogP contribution in [0.2, 0.25) is 0 Å². The van der Waals surface area contributed by atoms with E-state index in [0.717, 1.165) is 38.5 Å². The predicted octanol–water partition coefficient (Wildman–Crippen LogP) is 3.11. The van der Waals surface area contributed by atoms with Crippen LogP contribution in [0.4, 0.5) is 5.82 Å². The molecule has 0 unspecified atom stereocenters. The van der Waals surface area contributed by atoms with E-state index in [2.05, 4.69) is 53.6 Å². The maximum absolute atomic E-state index is 5.50. The van der Waals surface area contributed by atoms with E-state index < -0.39 is 0 Å². The number of aryl methyl sites for hydroxylation is 2. The van der Waals surface area contributed by atoms with Crippen molar-refractivity contribution in [2.24, 2.45) is 13.0 Å². The van der Waals surface area contributed by atoms with E-state index in [-0.39, 0.29) is 0 Å². The third kappa shape index (κ3) is 3.66. The van der Waals surface area contributed by atoms with Gasteiger partial charge in [0, 0.05) is 43.2 Å². The van der Waals surface area contributed by atoms with E-state index in [1.54, 1.807) is 0 Å². The number of morpholine rings is 1. The molecular formula is C18H28N4OS. The van der Waals surface area contributed by atoms with E-state index in [1.165, 1.54) is 16.3 Å². The summed E-state index contributed by atoms with van der Waals surface area (Å²) in [6, 6.07) is 4.73. The van der Waals surface area contributed by atoms with Gasteiger partial charge in [0.1, 0.15) is 5.82 Å². The van der Waals surface area contributed by atoms with E-state index in [9.17, 15) is 0 Å². The highest BCUT2D eigenvalue weighted by molar-refractivity contribution is 7.10. The van der Waals surface area contributed by atoms with Crippen molar-refractivity contribution in [2.45, 2.75) is 33.4 Å². The lowest BCUT2D eigenvalue weighted by Gasteiger charge is -2.30. The number of anilines is 1. The van der Waals surface area contributed by atoms with Crippen molar-refractivity contribution >= 4 is 17.2 Å². The molecule has 0 aromatic carbocycles. The van der Waals surface area contributed by atoms with Gasteiger partial charge in [-0.1, -0.05) is 19.9 Å². The average Bonchev–Trinajstić information content (AvgIpc) is 3.17. The van der Waals surface area contributed by atoms with Gasteiger partial charge in [0.15, 0.2) is 0 Å². The molecule has 2 aromatic heterocycles. The second-order valence-electron chi connectivity index (χ2n) is 6.73. The number of aromatic nitrogens is 2. The lowest BCUT2D eigenvalue weighted by Crippen LogP contribution is -2.38. The second kappa shape index (κ2) is 7.68. The molecule has 0 bridgehead atoms. The Morgan fingerprint density at radius 1 is 1.33 bits per heavy atom. The van der Waals surface area contributed by atoms with Gasteiger partial charge < -0.3 is 15.0 Å². The number of rotatable bonds is 6. The minimum absolute atomic E-state index is 0.377. The molecule has 0 spiro atoms. The molecule has 1 atom stereocenters. The van der Waals surface area contributed by atoms with Gasteiger partial charge in [-0.15, -0.1) is 11.3 Å². The van der Waals surface area contributed by atoms with Crippen LogP contribution in [0, 0.1) is 12.8 Å². The Hall–Kier alpha value is -1.37. The van der Waals surface area contributed by atoms with Gasteiger partial charge in [-0.3, -0.25) is 4.68 Å². The number of thiophene rings is 1. The normalized spacial score (nSPS) is 16.8. The SMILES string of the molecule is Cc1nn(C)c(N2CCOCC2)c1CN[C@@H](c1cccs1)C(C)C. The molecule has 0 saturated carbocycles. The molecule has 1 aliphatic heterocycles. The Morgan fingerprint density at radius 3 is 2.71 bits per heavy atom. The van der Waals surface area contributed by atoms with E-state index in [4.69, 9.17) is 4.74 Å². The third-order valence-corrected chi connectivity index (χ3v) is 5.59. The van der Waals surface area contributed by atoms with Crippen molar-refractivity contribution in [3.63, 3.8) is 0 Å². The first kappa shape index (κ1) is 17.5. The van der Waals surface area contributed by atoms with Crippen molar-refractivity contribution in [3.8, 4) is 0 Å². The summed E-state index contributed by atoms with van der Waals surface area (Å²) in [5.41, 5.74) is 2.42. The molecule has 5 nitrogen and oxygen atoms in total. The van der Waals surface area contributed by atoms with Crippen molar-refractivity contribution in [2.75, 3.05) is 31.2 Å². The van der Waals surface area contributed by atoms with Crippen LogP contribution in [-0.2, 0) is 18.3 Å². The minimum Gasteiger partial charge on any atom is -0.378 e. The predicted molar refractivity (Wildman–Crippen MR) is 99.7 cm³/mol. The molecule has 0 aliphatic carbocycles. The van der Waals surface area contributed by atoms with Gasteiger partial charge in [0.25, 0.3) is 0 Å². The Morgan fingerprint density at radius 2 is 2.08 bits per heavy atom. The van der Waals surface area contributed by atoms with Gasteiger partial charge in [-0.05, 0) is 24.3 Å². The lowest BCUT2D eigenvalue weighted by molar-refractivity contribution is 0.122. The first-order valence-corrected chi connectivity index (χ1v) is 9.58. The standard InChI is InChI=1S/C18H28N4OS/c1-13(2)17(16-6-5-11-24-16)19-12-15-14(3)20-21(4)18(15)22-7-9-23-10-8-22/h5-6,11,13,17,19H,7-10,12H2,1-4H3/t17-/m1/s1. The topological polar surface area (TPSA) is 42.3 Å². The molecule has 1 saturated heterocycles. The van der Waals surface area contributed by atoms with Crippen molar-refractivity contribution in [1.82, 2.24) is 15.1 Å². The summed E-state index contributed by atoms with van der Waals surface area (Å²) in [5.74, 6) is 1.78. The molecule has 6 heteroatoms. The van der Waals surface area contributed by atoms with Gasteiger partial charge in [0.05, 0.1) is 18.9 Å². The zero-order chi connectivity index (χ0) is 17.1. The molecule has 0 amide bonds. The highest BCUT2D eigenvalue weighted by Crippen LogP contribution is 2.29. The summed E-state index contributed by atoms with van der Waals surface area (Å²) in [7, 11) is 2.04. The smallest absolute Gasteiger partial charge is 0.131 e. The highest BCUT2D eigenvalue weighted by atomic mass is 32.1. The monoisotopic (exact) mass is 348 g/mol. The summed E-state index contributed by atoms with van der Waals surface area (Å²) in [5, 5.41) is 10.6. The maximum Gasteiger partial charge on any atom is 0.131 e. The van der Waals surface area contributed by atoms with Gasteiger partial charge in [-0.25, -0.2) is 0 Å². The first-order chi connectivity index (χ1) is 11.6. The molecule has 3 rings (SSSR count). The summed E-state index contributed by atoms with van der Waals surface area (Å²) in [6.45, 7) is 11.0. The van der Waals surface area contributed by atoms with Crippen LogP contribution < -0.4 is 10.2 Å². The maximum atomic E-state index is 5.50. The molecular weight excluding hydrogens is 320 g/mol. The number of hydrogen-bond donors (Lipinski definition) is 1. The second-order valence-corrected chi connectivity index (χ2v) is 7.71. The van der Waals surface area contributed by atoms with Crippen molar-refractivity contribution < 1.29 is 4.74 Å². The molecule has 2 aromatic rings. The van der Waals surface area contributed by atoms with Crippen LogP contribution in [0.1, 0.15) is 36.0 Å². The molecule has 0 radical (unpaired) electrons. The third-order valence-electron chi connectivity index (χ3n) is 4.64. The van der Waals surface area contributed by atoms with Crippen LogP contribution in [0.15, 0.2) is 17.5 Å². The molecule has 24 heavy (non-hydrogen) atoms. The molecule has 1 N–H and O–H groups in total. The molecule has 132 valence electrons. The lowest BCUT2D eigenvalue weighted by atomic mass is 10.0. The van der Waals surface area contributed by atoms with Crippen LogP contribution in [0.25, 0.3) is 0 Å². The quantitative estimate of drug-likeness (QED) is 0.871. The summed E-state index contributed by atoms with van der Waals surface area (Å²) >= 11 is 1.83. The van der Waals surface area contributed by atoms with Crippen LogP contribution >= 0.6 is 11.3 Å². The van der Waals surface area contributed by atoms with Gasteiger partial charge >= 0.3 is 0 Å². The van der Waals surface area contributed by atoms with Gasteiger partial charge in [-0.2, -0.15) is 5.10 Å². The first-order valence-electron chi connectivity index (χ1n) is 8.70. The summed E-state index contributed by atoms with van der Waals surface area (Å²) < 4.78 is 7.52. The summed E-state index contributed by atoms with van der Waals surface area (Å²) in [4.78, 5) is 3.80.